The molecule has 3 aromatic heterocycles. The predicted octanol–water partition coefficient (Wildman–Crippen LogP) is 3.82. The highest BCUT2D eigenvalue weighted by Gasteiger charge is 2.28. The number of nitrogen functional groups attached to an aromatic ring is 2. The van der Waals surface area contributed by atoms with Crippen molar-refractivity contribution < 1.29 is 23.9 Å². The van der Waals surface area contributed by atoms with Gasteiger partial charge in [-0.05, 0) is 74.4 Å². The van der Waals surface area contributed by atoms with E-state index in [1.807, 2.05) is 30.1 Å². The third-order valence-electron chi connectivity index (χ3n) is 6.32. The Morgan fingerprint density at radius 2 is 1.79 bits per heavy atom. The summed E-state index contributed by atoms with van der Waals surface area (Å²) in [6.45, 7) is 5.79. The van der Waals surface area contributed by atoms with E-state index in [0.717, 1.165) is 10.7 Å². The van der Waals surface area contributed by atoms with E-state index in [4.69, 9.17) is 20.9 Å². The third kappa shape index (κ3) is 11.0. The van der Waals surface area contributed by atoms with Gasteiger partial charge in [0.1, 0.15) is 23.3 Å². The SMILES string of the molecule is CN(Cc1cnc2nc(N)nc(N)c2n1)c1ccc(C(=O)N[C@@H](CCC(=O)OCCSSc2ccccn2)C(=O)OC(C)(C)C)cc1. The first-order chi connectivity index (χ1) is 22.4. The highest BCUT2D eigenvalue weighted by Crippen LogP contribution is 2.28. The smallest absolute Gasteiger partial charge is 0.329 e. The van der Waals surface area contributed by atoms with Crippen LogP contribution in [0.2, 0.25) is 0 Å². The molecular formula is C31H37N9O5S2. The molecule has 4 rings (SSSR count). The fourth-order valence-corrected chi connectivity index (χ4v) is 5.85. The second-order valence-electron chi connectivity index (χ2n) is 11.3. The summed E-state index contributed by atoms with van der Waals surface area (Å²) in [5.74, 6) is -0.856. The van der Waals surface area contributed by atoms with Gasteiger partial charge in [-0.3, -0.25) is 9.59 Å². The van der Waals surface area contributed by atoms with Crippen molar-refractivity contribution in [1.29, 1.82) is 0 Å². The summed E-state index contributed by atoms with van der Waals surface area (Å²) in [6.07, 6.45) is 3.24. The van der Waals surface area contributed by atoms with Gasteiger partial charge in [0, 0.05) is 36.7 Å². The molecule has 14 nitrogen and oxygen atoms in total. The topological polar surface area (TPSA) is 201 Å². The van der Waals surface area contributed by atoms with Crippen molar-refractivity contribution in [2.75, 3.05) is 35.8 Å². The molecule has 3 heterocycles. The van der Waals surface area contributed by atoms with Crippen molar-refractivity contribution in [2.24, 2.45) is 0 Å². The van der Waals surface area contributed by atoms with E-state index in [9.17, 15) is 14.4 Å². The predicted molar refractivity (Wildman–Crippen MR) is 182 cm³/mol. The van der Waals surface area contributed by atoms with Gasteiger partial charge in [-0.2, -0.15) is 9.97 Å². The van der Waals surface area contributed by atoms with Crippen LogP contribution in [0.1, 0.15) is 49.7 Å². The number of hydrogen-bond donors (Lipinski definition) is 3. The van der Waals surface area contributed by atoms with Crippen molar-refractivity contribution in [2.45, 2.75) is 56.8 Å². The molecule has 0 bridgehead atoms. The number of fused-ring (bicyclic) bond motifs is 1. The fourth-order valence-electron chi connectivity index (χ4n) is 4.15. The molecule has 4 aromatic rings. The van der Waals surface area contributed by atoms with Crippen LogP contribution in [-0.2, 0) is 25.6 Å². The maximum absolute atomic E-state index is 13.2. The quantitative estimate of drug-likeness (QED) is 0.0985. The van der Waals surface area contributed by atoms with Gasteiger partial charge < -0.3 is 31.2 Å². The maximum atomic E-state index is 13.2. The molecule has 0 aliphatic carbocycles. The van der Waals surface area contributed by atoms with Crippen LogP contribution in [0.15, 0.2) is 59.9 Å². The molecule has 0 spiro atoms. The molecule has 5 N–H and O–H groups in total. The first-order valence-corrected chi connectivity index (χ1v) is 17.0. The lowest BCUT2D eigenvalue weighted by Gasteiger charge is -2.24. The van der Waals surface area contributed by atoms with E-state index >= 15 is 0 Å². The Kier molecular flexibility index (Phi) is 12.1. The Morgan fingerprint density at radius 3 is 2.49 bits per heavy atom. The molecule has 0 fully saturated rings. The average Bonchev–Trinajstić information content (AvgIpc) is 3.02. The number of nitrogens with zero attached hydrogens (tertiary/aromatic N) is 6. The van der Waals surface area contributed by atoms with Crippen LogP contribution < -0.4 is 21.7 Å². The minimum atomic E-state index is -1.05. The summed E-state index contributed by atoms with van der Waals surface area (Å²) in [5.41, 5.74) is 13.2. The van der Waals surface area contributed by atoms with Crippen LogP contribution in [0, 0.1) is 0 Å². The number of hydrogen-bond acceptors (Lipinski definition) is 15. The Morgan fingerprint density at radius 1 is 1.02 bits per heavy atom. The highest BCUT2D eigenvalue weighted by molar-refractivity contribution is 8.76. The Labute approximate surface area is 280 Å². The van der Waals surface area contributed by atoms with Gasteiger partial charge in [-0.1, -0.05) is 16.9 Å². The normalized spacial score (nSPS) is 11.9. The van der Waals surface area contributed by atoms with Gasteiger partial charge in [-0.25, -0.2) is 19.7 Å². The van der Waals surface area contributed by atoms with Crippen molar-refractivity contribution >= 4 is 68.1 Å². The largest absolute Gasteiger partial charge is 0.465 e. The summed E-state index contributed by atoms with van der Waals surface area (Å²) in [5, 5.41) is 3.59. The number of ether oxygens (including phenoxy) is 2. The highest BCUT2D eigenvalue weighted by atomic mass is 33.1. The number of esters is 2. The van der Waals surface area contributed by atoms with Crippen LogP contribution in [0.25, 0.3) is 11.2 Å². The molecule has 0 aliphatic rings. The first-order valence-electron chi connectivity index (χ1n) is 14.6. The minimum absolute atomic E-state index is 0.0189. The van der Waals surface area contributed by atoms with E-state index in [-0.39, 0.29) is 31.2 Å². The molecular weight excluding hydrogens is 643 g/mol. The zero-order valence-electron chi connectivity index (χ0n) is 26.5. The van der Waals surface area contributed by atoms with Crippen molar-refractivity contribution in [3.05, 3.63) is 66.1 Å². The summed E-state index contributed by atoms with van der Waals surface area (Å²) >= 11 is 0. The van der Waals surface area contributed by atoms with E-state index in [1.54, 1.807) is 57.4 Å². The van der Waals surface area contributed by atoms with Crippen LogP contribution in [-0.4, -0.2) is 73.8 Å². The summed E-state index contributed by atoms with van der Waals surface area (Å²) < 4.78 is 10.8. The lowest BCUT2D eigenvalue weighted by Crippen LogP contribution is -2.44. The van der Waals surface area contributed by atoms with E-state index in [0.29, 0.717) is 34.7 Å². The minimum Gasteiger partial charge on any atom is -0.465 e. The lowest BCUT2D eigenvalue weighted by atomic mass is 10.1. The fraction of sp³-hybridized carbons (Fsp3) is 0.355. The molecule has 1 aromatic carbocycles. The molecule has 0 unspecified atom stereocenters. The van der Waals surface area contributed by atoms with Crippen LogP contribution in [0.5, 0.6) is 0 Å². The molecule has 0 saturated heterocycles. The summed E-state index contributed by atoms with van der Waals surface area (Å²) in [6, 6.07) is 11.4. The lowest BCUT2D eigenvalue weighted by molar-refractivity contribution is -0.157. The van der Waals surface area contributed by atoms with Crippen molar-refractivity contribution in [1.82, 2.24) is 30.2 Å². The van der Waals surface area contributed by atoms with Crippen LogP contribution in [0.4, 0.5) is 17.5 Å². The molecule has 0 radical (unpaired) electrons. The molecule has 16 heteroatoms. The van der Waals surface area contributed by atoms with Gasteiger partial charge >= 0.3 is 11.9 Å². The standard InChI is InChI=1S/C31H37N9O5S2/c1-31(2,3)45-29(43)22(12-13-24(41)44-15-16-46-47-23-7-5-6-14-34-23)37-28(42)19-8-10-21(11-9-19)40(4)18-20-17-35-27-25(36-20)26(32)38-30(33)39-27/h5-11,14,17,22H,12-13,15-16,18H2,1-4H3,(H,37,42)(H4,32,33,35,38,39)/t22-/m0/s1. The van der Waals surface area contributed by atoms with Gasteiger partial charge in [0.25, 0.3) is 5.91 Å². The number of nitrogens with two attached hydrogens (primary N) is 2. The zero-order valence-corrected chi connectivity index (χ0v) is 28.1. The van der Waals surface area contributed by atoms with E-state index in [1.165, 1.54) is 21.6 Å². The van der Waals surface area contributed by atoms with Gasteiger partial charge in [-0.15, -0.1) is 0 Å². The molecule has 248 valence electrons. The molecule has 1 amide bonds. The Hall–Kier alpha value is -4.70. The van der Waals surface area contributed by atoms with E-state index in [2.05, 4.69) is 30.2 Å². The van der Waals surface area contributed by atoms with Gasteiger partial charge in [0.05, 0.1) is 18.4 Å². The molecule has 47 heavy (non-hydrogen) atoms. The van der Waals surface area contributed by atoms with Crippen molar-refractivity contribution in [3.63, 3.8) is 0 Å². The Bertz CT molecular complexity index is 1690. The number of benzene rings is 1. The van der Waals surface area contributed by atoms with Gasteiger partial charge in [0.15, 0.2) is 17.0 Å². The molecule has 0 aliphatic heterocycles. The second kappa shape index (κ2) is 16.2. The molecule has 1 atom stereocenters. The first kappa shape index (κ1) is 35.2. The molecule has 0 saturated carbocycles. The number of rotatable bonds is 14. The second-order valence-corrected chi connectivity index (χ2v) is 13.7. The number of carbonyl (C=O) groups is 3. The number of anilines is 3. The van der Waals surface area contributed by atoms with Crippen LogP contribution in [0.3, 0.4) is 0 Å². The number of carbonyl (C=O) groups excluding carboxylic acids is 3. The summed E-state index contributed by atoms with van der Waals surface area (Å²) in [7, 11) is 4.87. The summed E-state index contributed by atoms with van der Waals surface area (Å²) in [4.78, 5) is 61.5. The van der Waals surface area contributed by atoms with Crippen molar-refractivity contribution in [3.8, 4) is 0 Å². The van der Waals surface area contributed by atoms with Gasteiger partial charge in [0.2, 0.25) is 5.95 Å². The number of pyridine rings is 1. The maximum Gasteiger partial charge on any atom is 0.329 e. The monoisotopic (exact) mass is 679 g/mol. The average molecular weight is 680 g/mol. The third-order valence-corrected chi connectivity index (χ3v) is 8.55. The number of amides is 1. The van der Waals surface area contributed by atoms with Crippen LogP contribution >= 0.6 is 21.6 Å². The number of nitrogens with one attached hydrogen (secondary N) is 1. The Balaban J connectivity index is 1.31. The number of aromatic nitrogens is 5. The zero-order chi connectivity index (χ0) is 34.0. The van der Waals surface area contributed by atoms with E-state index < -0.39 is 29.5 Å².